The van der Waals surface area contributed by atoms with E-state index in [4.69, 9.17) is 16.4 Å². The van der Waals surface area contributed by atoms with E-state index in [9.17, 15) is 9.59 Å². The van der Waals surface area contributed by atoms with Crippen LogP contribution in [0.5, 0.6) is 0 Å². The molecule has 158 valence electrons. The van der Waals surface area contributed by atoms with Gasteiger partial charge in [-0.05, 0) is 32.4 Å². The fourth-order valence-electron chi connectivity index (χ4n) is 3.18. The van der Waals surface area contributed by atoms with Gasteiger partial charge in [-0.1, -0.05) is 17.3 Å². The Bertz CT molecular complexity index is 1150. The molecule has 0 bridgehead atoms. The maximum atomic E-state index is 12.5. The molecule has 0 saturated heterocycles. The highest BCUT2D eigenvalue weighted by molar-refractivity contribution is 6.49. The van der Waals surface area contributed by atoms with Gasteiger partial charge in [0.15, 0.2) is 17.1 Å². The summed E-state index contributed by atoms with van der Waals surface area (Å²) in [6.45, 7) is 5.30. The van der Waals surface area contributed by atoms with Crippen molar-refractivity contribution >= 4 is 41.0 Å². The summed E-state index contributed by atoms with van der Waals surface area (Å²) in [6.07, 6.45) is 6.52. The number of amides is 1. The third kappa shape index (κ3) is 4.25. The Labute approximate surface area is 184 Å². The lowest BCUT2D eigenvalue weighted by Crippen LogP contribution is -2.33. The van der Waals surface area contributed by atoms with E-state index in [1.807, 2.05) is 25.1 Å². The summed E-state index contributed by atoms with van der Waals surface area (Å²) in [5.74, 6) is -0.176. The van der Waals surface area contributed by atoms with Crippen molar-refractivity contribution in [3.05, 3.63) is 53.5 Å². The Morgan fingerprint density at radius 2 is 2.06 bits per heavy atom. The zero-order chi connectivity index (χ0) is 22.2. The van der Waals surface area contributed by atoms with Crippen LogP contribution >= 0.6 is 11.6 Å². The first-order valence-electron chi connectivity index (χ1n) is 9.67. The quantitative estimate of drug-likeness (QED) is 0.737. The summed E-state index contributed by atoms with van der Waals surface area (Å²) >= 11 is 6.01. The zero-order valence-electron chi connectivity index (χ0n) is 17.2. The van der Waals surface area contributed by atoms with Gasteiger partial charge in [0.05, 0.1) is 23.5 Å². The second-order valence-electron chi connectivity index (χ2n) is 7.81. The van der Waals surface area contributed by atoms with Crippen molar-refractivity contribution in [1.29, 1.82) is 0 Å². The minimum atomic E-state index is -0.970. The first-order valence-corrected chi connectivity index (χ1v) is 10.1. The lowest BCUT2D eigenvalue weighted by atomic mass is 9.93. The average Bonchev–Trinajstić information content (AvgIpc) is 3.02. The van der Waals surface area contributed by atoms with Gasteiger partial charge in [-0.25, -0.2) is 4.98 Å². The Balaban J connectivity index is 1.54. The molecular formula is C22H20ClN5O3. The summed E-state index contributed by atoms with van der Waals surface area (Å²) in [4.78, 5) is 42.8. The third-order valence-corrected chi connectivity index (χ3v) is 5.26. The highest BCUT2D eigenvalue weighted by Crippen LogP contribution is 2.27. The van der Waals surface area contributed by atoms with Crippen LogP contribution in [-0.4, -0.2) is 44.6 Å². The molecule has 3 heterocycles. The highest BCUT2D eigenvalue weighted by atomic mass is 35.5. The van der Waals surface area contributed by atoms with Crippen LogP contribution in [0.15, 0.2) is 52.5 Å². The van der Waals surface area contributed by atoms with E-state index in [2.05, 4.69) is 25.4 Å². The molecule has 0 radical (unpaired) electrons. The largest absolute Gasteiger partial charge is 0.381 e. The number of carbonyl (C=O) groups is 2. The minimum Gasteiger partial charge on any atom is -0.381 e. The molecule has 2 aliphatic rings. The van der Waals surface area contributed by atoms with E-state index in [0.717, 1.165) is 11.1 Å². The molecule has 1 aromatic carbocycles. The monoisotopic (exact) mass is 437 g/mol. The highest BCUT2D eigenvalue weighted by Gasteiger charge is 2.40. The molecule has 0 spiro atoms. The van der Waals surface area contributed by atoms with Crippen molar-refractivity contribution < 1.29 is 14.4 Å². The van der Waals surface area contributed by atoms with Gasteiger partial charge in [0.25, 0.3) is 5.91 Å². The first-order chi connectivity index (χ1) is 14.7. The summed E-state index contributed by atoms with van der Waals surface area (Å²) in [5.41, 5.74) is 2.80. The third-order valence-electron chi connectivity index (χ3n) is 4.99. The van der Waals surface area contributed by atoms with Gasteiger partial charge in [0, 0.05) is 35.5 Å². The van der Waals surface area contributed by atoms with Crippen molar-refractivity contribution in [3.8, 4) is 11.3 Å². The number of aromatic nitrogens is 2. The van der Waals surface area contributed by atoms with Crippen molar-refractivity contribution in [3.63, 3.8) is 0 Å². The molecule has 2 aliphatic heterocycles. The number of Topliss-reactive ketones (excluding diaryl/α,β-unsaturated/α-hetero) is 1. The number of nitrogens with one attached hydrogen (secondary N) is 1. The maximum Gasteiger partial charge on any atom is 0.254 e. The topological polar surface area (TPSA) is 106 Å². The Kier molecular flexibility index (Phi) is 5.41. The average molecular weight is 438 g/mol. The van der Waals surface area contributed by atoms with E-state index in [0.29, 0.717) is 29.1 Å². The maximum absolute atomic E-state index is 12.5. The van der Waals surface area contributed by atoms with E-state index in [1.165, 1.54) is 12.4 Å². The predicted molar refractivity (Wildman–Crippen MR) is 118 cm³/mol. The molecule has 1 unspecified atom stereocenters. The van der Waals surface area contributed by atoms with Gasteiger partial charge in [0.1, 0.15) is 0 Å². The SMILES string of the molecule is Cc1ccc(C2=NOC(C)(C)C2=O)cc1-c1cnc(NC(=O)C2=CN=CC(Cl)C2)cn1. The molecule has 1 aromatic heterocycles. The standard InChI is InChI=1S/C22H20ClN5O3/c1-12-4-5-13(19-20(29)22(2,3)31-28-19)7-16(12)17-10-26-18(11-25-17)27-21(30)14-6-15(23)9-24-8-14/h4-5,7-11,15H,6H2,1-3H3,(H,26,27,30). The number of halogens is 1. The first kappa shape index (κ1) is 20.9. The molecule has 0 fully saturated rings. The molecule has 1 amide bonds. The number of anilines is 1. The lowest BCUT2D eigenvalue weighted by Gasteiger charge is -2.13. The number of alkyl halides is 1. The van der Waals surface area contributed by atoms with Crippen molar-refractivity contribution in [2.75, 3.05) is 5.32 Å². The molecule has 9 heteroatoms. The van der Waals surface area contributed by atoms with Crippen molar-refractivity contribution in [1.82, 2.24) is 9.97 Å². The second kappa shape index (κ2) is 8.03. The summed E-state index contributed by atoms with van der Waals surface area (Å²) in [7, 11) is 0. The van der Waals surface area contributed by atoms with Gasteiger partial charge in [-0.15, -0.1) is 11.6 Å². The van der Waals surface area contributed by atoms with E-state index < -0.39 is 5.60 Å². The fourth-order valence-corrected chi connectivity index (χ4v) is 3.41. The number of ketones is 1. The van der Waals surface area contributed by atoms with E-state index in [-0.39, 0.29) is 22.8 Å². The van der Waals surface area contributed by atoms with E-state index in [1.54, 1.807) is 26.3 Å². The number of hydrogen-bond acceptors (Lipinski definition) is 7. The summed E-state index contributed by atoms with van der Waals surface area (Å²) in [5, 5.41) is 6.36. The van der Waals surface area contributed by atoms with E-state index >= 15 is 0 Å². The number of carbonyl (C=O) groups excluding carboxylic acids is 2. The number of hydrogen-bond donors (Lipinski definition) is 1. The smallest absolute Gasteiger partial charge is 0.254 e. The number of benzene rings is 1. The molecule has 8 nitrogen and oxygen atoms in total. The number of oxime groups is 1. The van der Waals surface area contributed by atoms with Crippen molar-refractivity contribution in [2.45, 2.75) is 38.2 Å². The van der Waals surface area contributed by atoms with Crippen LogP contribution in [0.1, 0.15) is 31.4 Å². The Hall–Kier alpha value is -3.39. The van der Waals surface area contributed by atoms with Gasteiger partial charge < -0.3 is 10.2 Å². The van der Waals surface area contributed by atoms with Gasteiger partial charge >= 0.3 is 0 Å². The normalized spacial score (nSPS) is 19.5. The summed E-state index contributed by atoms with van der Waals surface area (Å²) in [6, 6.07) is 5.55. The molecular weight excluding hydrogens is 418 g/mol. The number of aryl methyl sites for hydroxylation is 1. The number of nitrogens with zero attached hydrogens (tertiary/aromatic N) is 4. The number of aliphatic imine (C=N–C) groups is 1. The number of rotatable bonds is 4. The molecule has 0 aliphatic carbocycles. The van der Waals surface area contributed by atoms with Crippen LogP contribution in [-0.2, 0) is 14.4 Å². The van der Waals surface area contributed by atoms with Gasteiger partial charge in [-0.3, -0.25) is 19.6 Å². The van der Waals surface area contributed by atoms with Crippen LogP contribution in [0.25, 0.3) is 11.3 Å². The lowest BCUT2D eigenvalue weighted by molar-refractivity contribution is -0.128. The molecule has 1 atom stereocenters. The Morgan fingerprint density at radius 1 is 1.26 bits per heavy atom. The van der Waals surface area contributed by atoms with Crippen LogP contribution < -0.4 is 5.32 Å². The molecule has 31 heavy (non-hydrogen) atoms. The summed E-state index contributed by atoms with van der Waals surface area (Å²) < 4.78 is 0. The molecule has 0 saturated carbocycles. The molecule has 1 N–H and O–H groups in total. The van der Waals surface area contributed by atoms with Gasteiger partial charge in [0.2, 0.25) is 5.78 Å². The minimum absolute atomic E-state index is 0.174. The Morgan fingerprint density at radius 3 is 2.71 bits per heavy atom. The van der Waals surface area contributed by atoms with Crippen LogP contribution in [0.2, 0.25) is 0 Å². The zero-order valence-corrected chi connectivity index (χ0v) is 18.0. The molecule has 4 rings (SSSR count). The second-order valence-corrected chi connectivity index (χ2v) is 8.37. The predicted octanol–water partition coefficient (Wildman–Crippen LogP) is 3.44. The van der Waals surface area contributed by atoms with Crippen LogP contribution in [0.3, 0.4) is 0 Å². The van der Waals surface area contributed by atoms with Crippen LogP contribution in [0.4, 0.5) is 5.82 Å². The van der Waals surface area contributed by atoms with Crippen molar-refractivity contribution in [2.24, 2.45) is 10.1 Å². The van der Waals surface area contributed by atoms with Crippen LogP contribution in [0, 0.1) is 6.92 Å². The van der Waals surface area contributed by atoms with Gasteiger partial charge in [-0.2, -0.15) is 0 Å². The fraction of sp³-hybridized carbons (Fsp3) is 0.273. The molecule has 2 aromatic rings.